The first-order chi connectivity index (χ1) is 9.60. The normalized spacial score (nSPS) is 12.0. The van der Waals surface area contributed by atoms with Crippen LogP contribution in [0.15, 0.2) is 24.3 Å². The molecule has 1 aromatic carbocycles. The molecule has 1 N–H and O–H groups in total. The van der Waals surface area contributed by atoms with Crippen LogP contribution in [0.4, 0.5) is 5.69 Å². The largest absolute Gasteiger partial charge is 0.347 e. The molecule has 0 atom stereocenters. The number of benzene rings is 1. The van der Waals surface area contributed by atoms with Crippen LogP contribution in [0.25, 0.3) is 0 Å². The van der Waals surface area contributed by atoms with Crippen LogP contribution >= 0.6 is 0 Å². The SMILES string of the molecule is CCN(c1ccc(C(=O)NC(C)(C)C)cc1)S(=O)(=O)CC. The van der Waals surface area contributed by atoms with Gasteiger partial charge in [0.15, 0.2) is 0 Å². The molecule has 0 fully saturated rings. The van der Waals surface area contributed by atoms with Gasteiger partial charge in [-0.25, -0.2) is 8.42 Å². The number of hydrogen-bond donors (Lipinski definition) is 1. The number of amides is 1. The van der Waals surface area contributed by atoms with E-state index in [-0.39, 0.29) is 17.2 Å². The summed E-state index contributed by atoms with van der Waals surface area (Å²) in [7, 11) is -3.29. The zero-order chi connectivity index (χ0) is 16.3. The first-order valence-corrected chi connectivity index (χ1v) is 8.64. The van der Waals surface area contributed by atoms with E-state index in [9.17, 15) is 13.2 Å². The van der Waals surface area contributed by atoms with Crippen LogP contribution in [0.2, 0.25) is 0 Å². The van der Waals surface area contributed by atoms with Crippen molar-refractivity contribution in [1.29, 1.82) is 0 Å². The van der Waals surface area contributed by atoms with Crippen molar-refractivity contribution in [3.05, 3.63) is 29.8 Å². The lowest BCUT2D eigenvalue weighted by atomic mass is 10.1. The smallest absolute Gasteiger partial charge is 0.251 e. The van der Waals surface area contributed by atoms with Crippen molar-refractivity contribution < 1.29 is 13.2 Å². The number of nitrogens with zero attached hydrogens (tertiary/aromatic N) is 1. The molecule has 0 radical (unpaired) electrons. The van der Waals surface area contributed by atoms with Gasteiger partial charge < -0.3 is 5.32 Å². The molecule has 0 bridgehead atoms. The molecule has 0 spiro atoms. The molecule has 1 aromatic rings. The van der Waals surface area contributed by atoms with Gasteiger partial charge in [-0.3, -0.25) is 9.10 Å². The highest BCUT2D eigenvalue weighted by molar-refractivity contribution is 7.92. The van der Waals surface area contributed by atoms with Gasteiger partial charge in [0.25, 0.3) is 5.91 Å². The summed E-state index contributed by atoms with van der Waals surface area (Å²) in [6.45, 7) is 9.49. The number of anilines is 1. The lowest BCUT2D eigenvalue weighted by Gasteiger charge is -2.23. The van der Waals surface area contributed by atoms with E-state index in [1.165, 1.54) is 4.31 Å². The fourth-order valence-electron chi connectivity index (χ4n) is 1.89. The lowest BCUT2D eigenvalue weighted by Crippen LogP contribution is -2.40. The molecule has 5 nitrogen and oxygen atoms in total. The fourth-order valence-corrected chi connectivity index (χ4v) is 3.04. The predicted octanol–water partition coefficient (Wildman–Crippen LogP) is 2.39. The van der Waals surface area contributed by atoms with Gasteiger partial charge in [0.05, 0.1) is 11.4 Å². The Hall–Kier alpha value is -1.56. The topological polar surface area (TPSA) is 66.5 Å². The van der Waals surface area contributed by atoms with Crippen molar-refractivity contribution in [2.75, 3.05) is 16.6 Å². The molecule has 0 saturated heterocycles. The highest BCUT2D eigenvalue weighted by atomic mass is 32.2. The van der Waals surface area contributed by atoms with Crippen LogP contribution in [0.5, 0.6) is 0 Å². The summed E-state index contributed by atoms with van der Waals surface area (Å²) in [5.41, 5.74) is 0.779. The fraction of sp³-hybridized carbons (Fsp3) is 0.533. The summed E-state index contributed by atoms with van der Waals surface area (Å²) < 4.78 is 25.3. The zero-order valence-electron chi connectivity index (χ0n) is 13.3. The van der Waals surface area contributed by atoms with Crippen molar-refractivity contribution in [3.63, 3.8) is 0 Å². The molecule has 1 rings (SSSR count). The second kappa shape index (κ2) is 6.47. The maximum Gasteiger partial charge on any atom is 0.251 e. The summed E-state index contributed by atoms with van der Waals surface area (Å²) in [4.78, 5) is 12.0. The van der Waals surface area contributed by atoms with Gasteiger partial charge in [-0.2, -0.15) is 0 Å². The second-order valence-corrected chi connectivity index (χ2v) is 8.00. The Bertz CT molecular complexity index is 586. The zero-order valence-corrected chi connectivity index (χ0v) is 14.1. The Morgan fingerprint density at radius 2 is 1.67 bits per heavy atom. The van der Waals surface area contributed by atoms with Crippen molar-refractivity contribution in [1.82, 2.24) is 5.32 Å². The van der Waals surface area contributed by atoms with Crippen LogP contribution in [-0.4, -0.2) is 32.2 Å². The van der Waals surface area contributed by atoms with Crippen LogP contribution < -0.4 is 9.62 Å². The Morgan fingerprint density at radius 3 is 2.05 bits per heavy atom. The van der Waals surface area contributed by atoms with Crippen LogP contribution in [0.3, 0.4) is 0 Å². The van der Waals surface area contributed by atoms with E-state index in [1.54, 1.807) is 38.1 Å². The van der Waals surface area contributed by atoms with E-state index in [1.807, 2.05) is 20.8 Å². The molecule has 0 aromatic heterocycles. The second-order valence-electron chi connectivity index (χ2n) is 5.82. The van der Waals surface area contributed by atoms with Gasteiger partial charge in [-0.1, -0.05) is 0 Å². The monoisotopic (exact) mass is 312 g/mol. The third-order valence-electron chi connectivity index (χ3n) is 2.89. The molecule has 118 valence electrons. The first kappa shape index (κ1) is 17.5. The Kier molecular flexibility index (Phi) is 5.39. The average molecular weight is 312 g/mol. The summed E-state index contributed by atoms with van der Waals surface area (Å²) in [6.07, 6.45) is 0. The highest BCUT2D eigenvalue weighted by Gasteiger charge is 2.19. The minimum absolute atomic E-state index is 0.0487. The summed E-state index contributed by atoms with van der Waals surface area (Å²) in [5.74, 6) is -0.122. The van der Waals surface area contributed by atoms with E-state index >= 15 is 0 Å². The van der Waals surface area contributed by atoms with Gasteiger partial charge in [-0.15, -0.1) is 0 Å². The van der Waals surface area contributed by atoms with E-state index < -0.39 is 10.0 Å². The van der Waals surface area contributed by atoms with E-state index in [0.29, 0.717) is 17.8 Å². The van der Waals surface area contributed by atoms with E-state index in [0.717, 1.165) is 0 Å². The van der Waals surface area contributed by atoms with E-state index in [4.69, 9.17) is 0 Å². The lowest BCUT2D eigenvalue weighted by molar-refractivity contribution is 0.0919. The van der Waals surface area contributed by atoms with Crippen LogP contribution in [-0.2, 0) is 10.0 Å². The first-order valence-electron chi connectivity index (χ1n) is 7.03. The van der Waals surface area contributed by atoms with Gasteiger partial charge in [-0.05, 0) is 58.9 Å². The standard InChI is InChI=1S/C15H24N2O3S/c1-6-17(21(19,20)7-2)13-10-8-12(9-11-13)14(18)16-15(3,4)5/h8-11H,6-7H2,1-5H3,(H,16,18). The quantitative estimate of drug-likeness (QED) is 0.908. The van der Waals surface area contributed by atoms with Crippen molar-refractivity contribution >= 4 is 21.6 Å². The summed E-state index contributed by atoms with van der Waals surface area (Å²) in [5, 5.41) is 2.87. The molecule has 0 heterocycles. The third kappa shape index (κ3) is 4.74. The maximum atomic E-state index is 12.0. The van der Waals surface area contributed by atoms with Gasteiger partial charge in [0, 0.05) is 17.6 Å². The molecule has 6 heteroatoms. The molecular formula is C15H24N2O3S. The van der Waals surface area contributed by atoms with Gasteiger partial charge >= 0.3 is 0 Å². The summed E-state index contributed by atoms with van der Waals surface area (Å²) >= 11 is 0. The van der Waals surface area contributed by atoms with Crippen molar-refractivity contribution in [3.8, 4) is 0 Å². The minimum atomic E-state index is -3.29. The average Bonchev–Trinajstić information content (AvgIpc) is 2.38. The highest BCUT2D eigenvalue weighted by Crippen LogP contribution is 2.19. The molecule has 0 saturated carbocycles. The minimum Gasteiger partial charge on any atom is -0.347 e. The number of rotatable bonds is 5. The van der Waals surface area contributed by atoms with Crippen molar-refractivity contribution in [2.24, 2.45) is 0 Å². The Labute approximate surface area is 127 Å². The van der Waals surface area contributed by atoms with Gasteiger partial charge in [0.1, 0.15) is 0 Å². The molecule has 0 aliphatic heterocycles. The Morgan fingerprint density at radius 1 is 1.14 bits per heavy atom. The molecule has 0 unspecified atom stereocenters. The summed E-state index contributed by atoms with van der Waals surface area (Å²) in [6, 6.07) is 6.61. The molecule has 0 aliphatic rings. The molecule has 21 heavy (non-hydrogen) atoms. The number of nitrogens with one attached hydrogen (secondary N) is 1. The van der Waals surface area contributed by atoms with Crippen LogP contribution in [0.1, 0.15) is 45.0 Å². The predicted molar refractivity (Wildman–Crippen MR) is 86.1 cm³/mol. The molecule has 0 aliphatic carbocycles. The molecule has 1 amide bonds. The van der Waals surface area contributed by atoms with Crippen molar-refractivity contribution in [2.45, 2.75) is 40.2 Å². The Balaban J connectivity index is 2.99. The van der Waals surface area contributed by atoms with Gasteiger partial charge in [0.2, 0.25) is 10.0 Å². The molecular weight excluding hydrogens is 288 g/mol. The number of sulfonamides is 1. The number of hydrogen-bond acceptors (Lipinski definition) is 3. The van der Waals surface area contributed by atoms with Crippen LogP contribution in [0, 0.1) is 0 Å². The number of carbonyl (C=O) groups excluding carboxylic acids is 1. The number of carbonyl (C=O) groups is 1. The maximum absolute atomic E-state index is 12.0. The van der Waals surface area contributed by atoms with E-state index in [2.05, 4.69) is 5.32 Å². The third-order valence-corrected chi connectivity index (χ3v) is 4.76.